The lowest BCUT2D eigenvalue weighted by Gasteiger charge is -2.04. The molecule has 4 heteroatoms. The highest BCUT2D eigenvalue weighted by Gasteiger charge is 2.20. The molecule has 1 N–H and O–H groups in total. The van der Waals surface area contributed by atoms with E-state index in [1.807, 2.05) is 12.1 Å². The smallest absolute Gasteiger partial charge is 0.135 e. The minimum atomic E-state index is -0.295. The first-order valence-corrected chi connectivity index (χ1v) is 6.79. The number of rotatable bonds is 4. The summed E-state index contributed by atoms with van der Waals surface area (Å²) < 4.78 is 19.1. The molecule has 1 saturated carbocycles. The van der Waals surface area contributed by atoms with Crippen molar-refractivity contribution in [2.45, 2.75) is 32.4 Å². The maximum atomic E-state index is 13.4. The Morgan fingerprint density at radius 3 is 2.89 bits per heavy atom. The molecule has 1 fully saturated rings. The maximum Gasteiger partial charge on any atom is 0.135 e. The van der Waals surface area contributed by atoms with Crippen molar-refractivity contribution in [1.82, 2.24) is 5.32 Å². The standard InChI is InChI=1S/C15H15ClFNO/c1-9-6-12(13(16)7-14(9)17)15-5-4-11(19-15)8-18-10-2-3-10/h4-7,10,18H,2-3,8H2,1H3. The van der Waals surface area contributed by atoms with Gasteiger partial charge in [-0.1, -0.05) is 11.6 Å². The molecule has 0 unspecified atom stereocenters. The third kappa shape index (κ3) is 2.82. The number of hydrogen-bond donors (Lipinski definition) is 1. The fourth-order valence-electron chi connectivity index (χ4n) is 2.00. The van der Waals surface area contributed by atoms with Crippen LogP contribution in [0.3, 0.4) is 0 Å². The zero-order chi connectivity index (χ0) is 13.4. The first kappa shape index (κ1) is 12.7. The fourth-order valence-corrected chi connectivity index (χ4v) is 2.24. The van der Waals surface area contributed by atoms with Crippen LogP contribution in [0.2, 0.25) is 5.02 Å². The maximum absolute atomic E-state index is 13.4. The number of benzene rings is 1. The summed E-state index contributed by atoms with van der Waals surface area (Å²) in [5, 5.41) is 3.76. The fraction of sp³-hybridized carbons (Fsp3) is 0.333. The molecule has 1 heterocycles. The Morgan fingerprint density at radius 1 is 1.37 bits per heavy atom. The van der Waals surface area contributed by atoms with E-state index in [1.165, 1.54) is 18.9 Å². The number of hydrogen-bond acceptors (Lipinski definition) is 2. The van der Waals surface area contributed by atoms with Gasteiger partial charge in [0.15, 0.2) is 0 Å². The van der Waals surface area contributed by atoms with Crippen LogP contribution in [0.15, 0.2) is 28.7 Å². The lowest BCUT2D eigenvalue weighted by molar-refractivity contribution is 0.492. The molecule has 2 nitrogen and oxygen atoms in total. The van der Waals surface area contributed by atoms with E-state index in [0.717, 1.165) is 17.9 Å². The molecule has 0 radical (unpaired) electrons. The molecule has 0 bridgehead atoms. The summed E-state index contributed by atoms with van der Waals surface area (Å²) >= 11 is 6.07. The topological polar surface area (TPSA) is 25.2 Å². The van der Waals surface area contributed by atoms with Gasteiger partial charge in [0.25, 0.3) is 0 Å². The molecule has 0 saturated heterocycles. The Labute approximate surface area is 116 Å². The largest absolute Gasteiger partial charge is 0.460 e. The van der Waals surface area contributed by atoms with Gasteiger partial charge in [0.05, 0.1) is 11.6 Å². The average Bonchev–Trinajstić information content (AvgIpc) is 3.09. The number of nitrogens with one attached hydrogen (secondary N) is 1. The highest BCUT2D eigenvalue weighted by Crippen LogP contribution is 2.31. The van der Waals surface area contributed by atoms with Crippen molar-refractivity contribution in [3.63, 3.8) is 0 Å². The molecule has 19 heavy (non-hydrogen) atoms. The summed E-state index contributed by atoms with van der Waals surface area (Å²) in [5.74, 6) is 1.26. The van der Waals surface area contributed by atoms with Gasteiger partial charge < -0.3 is 9.73 Å². The lowest BCUT2D eigenvalue weighted by Crippen LogP contribution is -2.14. The van der Waals surface area contributed by atoms with Crippen LogP contribution in [0, 0.1) is 12.7 Å². The van der Waals surface area contributed by atoms with Crippen LogP contribution in [0.4, 0.5) is 4.39 Å². The highest BCUT2D eigenvalue weighted by atomic mass is 35.5. The number of aryl methyl sites for hydroxylation is 1. The van der Waals surface area contributed by atoms with Crippen molar-refractivity contribution in [3.8, 4) is 11.3 Å². The van der Waals surface area contributed by atoms with Crippen LogP contribution >= 0.6 is 11.6 Å². The zero-order valence-electron chi connectivity index (χ0n) is 10.7. The molecule has 0 aliphatic heterocycles. The molecular weight excluding hydrogens is 265 g/mol. The van der Waals surface area contributed by atoms with Crippen molar-refractivity contribution in [2.24, 2.45) is 0 Å². The minimum Gasteiger partial charge on any atom is -0.460 e. The van der Waals surface area contributed by atoms with Crippen LogP contribution in [0.1, 0.15) is 24.2 Å². The van der Waals surface area contributed by atoms with Gasteiger partial charge in [-0.25, -0.2) is 4.39 Å². The third-order valence-corrected chi connectivity index (χ3v) is 3.63. The third-order valence-electron chi connectivity index (χ3n) is 3.32. The molecule has 3 rings (SSSR count). The first-order valence-electron chi connectivity index (χ1n) is 6.41. The first-order chi connectivity index (χ1) is 9.13. The van der Waals surface area contributed by atoms with Gasteiger partial charge in [0.1, 0.15) is 17.3 Å². The van der Waals surface area contributed by atoms with Crippen LogP contribution in [-0.4, -0.2) is 6.04 Å². The van der Waals surface area contributed by atoms with Crippen LogP contribution in [0.5, 0.6) is 0 Å². The van der Waals surface area contributed by atoms with Crippen molar-refractivity contribution in [2.75, 3.05) is 0 Å². The Hall–Kier alpha value is -1.32. The van der Waals surface area contributed by atoms with Crippen LogP contribution in [0.25, 0.3) is 11.3 Å². The quantitative estimate of drug-likeness (QED) is 0.903. The molecule has 0 atom stereocenters. The molecule has 0 amide bonds. The number of halogens is 2. The SMILES string of the molecule is Cc1cc(-c2ccc(CNC3CC3)o2)c(Cl)cc1F. The molecule has 2 aromatic rings. The van der Waals surface area contributed by atoms with Crippen LogP contribution < -0.4 is 5.32 Å². The van der Waals surface area contributed by atoms with Gasteiger partial charge in [-0.15, -0.1) is 0 Å². The number of furan rings is 1. The summed E-state index contributed by atoms with van der Waals surface area (Å²) in [5.41, 5.74) is 1.30. The van der Waals surface area contributed by atoms with E-state index < -0.39 is 0 Å². The van der Waals surface area contributed by atoms with Crippen molar-refractivity contribution >= 4 is 11.6 Å². The van der Waals surface area contributed by atoms with E-state index in [-0.39, 0.29) is 5.82 Å². The van der Waals surface area contributed by atoms with Crippen molar-refractivity contribution < 1.29 is 8.81 Å². The normalized spacial score (nSPS) is 14.9. The Balaban J connectivity index is 1.83. The highest BCUT2D eigenvalue weighted by molar-refractivity contribution is 6.33. The zero-order valence-corrected chi connectivity index (χ0v) is 11.4. The second kappa shape index (κ2) is 4.99. The summed E-state index contributed by atoms with van der Waals surface area (Å²) in [4.78, 5) is 0. The van der Waals surface area contributed by atoms with Gasteiger partial charge in [-0.2, -0.15) is 0 Å². The van der Waals surface area contributed by atoms with Crippen LogP contribution in [-0.2, 0) is 6.54 Å². The second-order valence-electron chi connectivity index (χ2n) is 5.00. The van der Waals surface area contributed by atoms with E-state index in [2.05, 4.69) is 5.32 Å². The molecule has 1 aliphatic rings. The van der Waals surface area contributed by atoms with Crippen molar-refractivity contribution in [1.29, 1.82) is 0 Å². The van der Waals surface area contributed by atoms with E-state index in [1.54, 1.807) is 13.0 Å². The predicted molar refractivity (Wildman–Crippen MR) is 73.7 cm³/mol. The van der Waals surface area contributed by atoms with Gasteiger partial charge in [-0.05, 0) is 49.6 Å². The molecule has 100 valence electrons. The Kier molecular flexibility index (Phi) is 3.33. The predicted octanol–water partition coefficient (Wildman–Crippen LogP) is 4.30. The Bertz CT molecular complexity index is 604. The molecule has 0 spiro atoms. The molecule has 1 aromatic carbocycles. The monoisotopic (exact) mass is 279 g/mol. The van der Waals surface area contributed by atoms with Gasteiger partial charge in [-0.3, -0.25) is 0 Å². The summed E-state index contributed by atoms with van der Waals surface area (Å²) in [6.07, 6.45) is 2.49. The van der Waals surface area contributed by atoms with Gasteiger partial charge in [0, 0.05) is 11.6 Å². The van der Waals surface area contributed by atoms with Gasteiger partial charge >= 0.3 is 0 Å². The van der Waals surface area contributed by atoms with E-state index in [9.17, 15) is 4.39 Å². The molecule has 1 aromatic heterocycles. The summed E-state index contributed by atoms with van der Waals surface area (Å²) in [6, 6.07) is 7.50. The van der Waals surface area contributed by atoms with E-state index in [4.69, 9.17) is 16.0 Å². The van der Waals surface area contributed by atoms with E-state index in [0.29, 0.717) is 22.4 Å². The summed E-state index contributed by atoms with van der Waals surface area (Å²) in [6.45, 7) is 2.44. The van der Waals surface area contributed by atoms with Crippen molar-refractivity contribution in [3.05, 3.63) is 46.4 Å². The van der Waals surface area contributed by atoms with Gasteiger partial charge in [0.2, 0.25) is 0 Å². The van der Waals surface area contributed by atoms with E-state index >= 15 is 0 Å². The Morgan fingerprint density at radius 2 is 2.16 bits per heavy atom. The average molecular weight is 280 g/mol. The lowest BCUT2D eigenvalue weighted by atomic mass is 10.1. The second-order valence-corrected chi connectivity index (χ2v) is 5.41. The molecule has 1 aliphatic carbocycles. The minimum absolute atomic E-state index is 0.295. The molecular formula is C15H15ClFNO. The summed E-state index contributed by atoms with van der Waals surface area (Å²) in [7, 11) is 0.